The first kappa shape index (κ1) is 11.8. The zero-order valence-corrected chi connectivity index (χ0v) is 9.00. The molecule has 0 aromatic carbocycles. The van der Waals surface area contributed by atoms with Gasteiger partial charge < -0.3 is 0 Å². The van der Waals surface area contributed by atoms with Gasteiger partial charge in [-0.05, 0) is 6.07 Å². The second kappa shape index (κ2) is 4.29. The number of nitrogens with zero attached hydrogens (tertiary/aromatic N) is 3. The maximum absolute atomic E-state index is 12.7. The highest BCUT2D eigenvalue weighted by Gasteiger charge is 2.34. The van der Waals surface area contributed by atoms with Crippen LogP contribution in [0.2, 0.25) is 5.15 Å². The van der Waals surface area contributed by atoms with E-state index in [1.54, 1.807) is 0 Å². The first-order chi connectivity index (χ1) is 7.98. The van der Waals surface area contributed by atoms with E-state index in [0.717, 1.165) is 18.5 Å². The summed E-state index contributed by atoms with van der Waals surface area (Å²) in [5, 5.41) is 0.0273. The van der Waals surface area contributed by atoms with E-state index in [1.807, 2.05) is 0 Å². The van der Waals surface area contributed by atoms with Gasteiger partial charge in [-0.15, -0.1) is 0 Å². The van der Waals surface area contributed by atoms with Crippen LogP contribution in [0.3, 0.4) is 0 Å². The Morgan fingerprint density at radius 1 is 1.06 bits per heavy atom. The zero-order valence-electron chi connectivity index (χ0n) is 8.24. The largest absolute Gasteiger partial charge is 0.417 e. The van der Waals surface area contributed by atoms with Crippen molar-refractivity contribution >= 4 is 11.6 Å². The lowest BCUT2D eigenvalue weighted by Crippen LogP contribution is -2.08. The Kier molecular flexibility index (Phi) is 2.97. The second-order valence-electron chi connectivity index (χ2n) is 3.15. The van der Waals surface area contributed by atoms with Crippen molar-refractivity contribution in [1.29, 1.82) is 0 Å². The maximum Gasteiger partial charge on any atom is 0.417 e. The van der Waals surface area contributed by atoms with Crippen molar-refractivity contribution < 1.29 is 13.2 Å². The molecular formula is C10H5ClF3N3. The Labute approximate surface area is 99.3 Å². The van der Waals surface area contributed by atoms with Gasteiger partial charge in [-0.2, -0.15) is 13.2 Å². The smallest absolute Gasteiger partial charge is 0.264 e. The van der Waals surface area contributed by atoms with Crippen LogP contribution < -0.4 is 0 Å². The van der Waals surface area contributed by atoms with Gasteiger partial charge in [-0.25, -0.2) is 4.98 Å². The highest BCUT2D eigenvalue weighted by atomic mass is 35.5. The summed E-state index contributed by atoms with van der Waals surface area (Å²) in [7, 11) is 0. The lowest BCUT2D eigenvalue weighted by molar-refractivity contribution is -0.137. The van der Waals surface area contributed by atoms with Gasteiger partial charge >= 0.3 is 6.18 Å². The number of hydrogen-bond acceptors (Lipinski definition) is 3. The van der Waals surface area contributed by atoms with E-state index in [-0.39, 0.29) is 16.4 Å². The number of alkyl halides is 3. The van der Waals surface area contributed by atoms with Crippen LogP contribution in [-0.2, 0) is 6.18 Å². The molecule has 0 amide bonds. The second-order valence-corrected chi connectivity index (χ2v) is 3.53. The minimum atomic E-state index is -4.47. The summed E-state index contributed by atoms with van der Waals surface area (Å²) in [6, 6.07) is 0.887. The number of halogens is 4. The molecule has 0 N–H and O–H groups in total. The van der Waals surface area contributed by atoms with Crippen LogP contribution in [-0.4, -0.2) is 15.0 Å². The monoisotopic (exact) mass is 259 g/mol. The third-order valence-electron chi connectivity index (χ3n) is 2.01. The Balaban J connectivity index is 2.60. The molecule has 0 spiro atoms. The molecule has 17 heavy (non-hydrogen) atoms. The average molecular weight is 260 g/mol. The highest BCUT2D eigenvalue weighted by Crippen LogP contribution is 2.35. The summed E-state index contributed by atoms with van der Waals surface area (Å²) in [6.45, 7) is 0. The van der Waals surface area contributed by atoms with E-state index in [2.05, 4.69) is 15.0 Å². The van der Waals surface area contributed by atoms with Crippen LogP contribution in [0.25, 0.3) is 11.3 Å². The molecule has 0 bridgehead atoms. The minimum absolute atomic E-state index is 0.0273. The number of rotatable bonds is 1. The molecule has 0 aliphatic carbocycles. The van der Waals surface area contributed by atoms with Gasteiger partial charge in [0, 0.05) is 18.0 Å². The quantitative estimate of drug-likeness (QED) is 0.789. The first-order valence-electron chi connectivity index (χ1n) is 4.47. The van der Waals surface area contributed by atoms with E-state index < -0.39 is 11.7 Å². The first-order valence-corrected chi connectivity index (χ1v) is 4.85. The lowest BCUT2D eigenvalue weighted by Gasteiger charge is -2.11. The molecule has 0 saturated heterocycles. The third-order valence-corrected chi connectivity index (χ3v) is 2.19. The van der Waals surface area contributed by atoms with Gasteiger partial charge in [0.1, 0.15) is 5.15 Å². The maximum atomic E-state index is 12.7. The van der Waals surface area contributed by atoms with E-state index in [0.29, 0.717) is 0 Å². The molecular weight excluding hydrogens is 255 g/mol. The highest BCUT2D eigenvalue weighted by molar-refractivity contribution is 6.29. The molecule has 0 radical (unpaired) electrons. The Morgan fingerprint density at radius 2 is 1.82 bits per heavy atom. The molecule has 7 heteroatoms. The van der Waals surface area contributed by atoms with Crippen molar-refractivity contribution in [3.05, 3.63) is 41.6 Å². The average Bonchev–Trinajstić information content (AvgIpc) is 2.28. The minimum Gasteiger partial charge on any atom is -0.264 e. The molecule has 0 aliphatic rings. The normalized spacial score (nSPS) is 11.5. The van der Waals surface area contributed by atoms with Crippen LogP contribution in [0.1, 0.15) is 5.56 Å². The van der Waals surface area contributed by atoms with Gasteiger partial charge in [-0.3, -0.25) is 9.97 Å². The molecule has 0 aliphatic heterocycles. The summed E-state index contributed by atoms with van der Waals surface area (Å²) < 4.78 is 38.2. The number of pyridine rings is 1. The fourth-order valence-corrected chi connectivity index (χ4v) is 1.47. The van der Waals surface area contributed by atoms with E-state index in [9.17, 15) is 13.2 Å². The van der Waals surface area contributed by atoms with Crippen LogP contribution in [0, 0.1) is 0 Å². The van der Waals surface area contributed by atoms with Crippen LogP contribution in [0.4, 0.5) is 13.2 Å². The lowest BCUT2D eigenvalue weighted by atomic mass is 10.1. The summed E-state index contributed by atoms with van der Waals surface area (Å²) >= 11 is 5.59. The molecule has 3 nitrogen and oxygen atoms in total. The molecule has 0 fully saturated rings. The van der Waals surface area contributed by atoms with E-state index in [4.69, 9.17) is 11.6 Å². The fraction of sp³-hybridized carbons (Fsp3) is 0.100. The molecule has 2 aromatic heterocycles. The summed E-state index contributed by atoms with van der Waals surface area (Å²) in [6.07, 6.45) is 0.141. The predicted octanol–water partition coefficient (Wildman–Crippen LogP) is 3.21. The molecule has 0 unspecified atom stereocenters. The van der Waals surface area contributed by atoms with Gasteiger partial charge in [0.2, 0.25) is 0 Å². The summed E-state index contributed by atoms with van der Waals surface area (Å²) in [4.78, 5) is 11.1. The van der Waals surface area contributed by atoms with Gasteiger partial charge in [0.05, 0.1) is 23.7 Å². The standard InChI is InChI=1S/C10H5ClF3N3/c11-9-5-16-4-8(17-9)6-3-15-2-1-7(6)10(12,13)14/h1-5H. The van der Waals surface area contributed by atoms with Crippen LogP contribution in [0.15, 0.2) is 30.9 Å². The molecule has 88 valence electrons. The molecule has 2 heterocycles. The Hall–Kier alpha value is -1.69. The SMILES string of the molecule is FC(F)(F)c1ccncc1-c1cncc(Cl)n1. The van der Waals surface area contributed by atoms with Crippen LogP contribution in [0.5, 0.6) is 0 Å². The third kappa shape index (κ3) is 2.52. The molecule has 0 atom stereocenters. The van der Waals surface area contributed by atoms with Gasteiger partial charge in [0.25, 0.3) is 0 Å². The van der Waals surface area contributed by atoms with Gasteiger partial charge in [-0.1, -0.05) is 11.6 Å². The van der Waals surface area contributed by atoms with Crippen molar-refractivity contribution in [1.82, 2.24) is 15.0 Å². The number of hydrogen-bond donors (Lipinski definition) is 0. The summed E-state index contributed by atoms with van der Waals surface area (Å²) in [5.74, 6) is 0. The van der Waals surface area contributed by atoms with Crippen molar-refractivity contribution in [3.8, 4) is 11.3 Å². The zero-order chi connectivity index (χ0) is 12.5. The predicted molar refractivity (Wildman–Crippen MR) is 55.3 cm³/mol. The molecule has 0 saturated carbocycles. The van der Waals surface area contributed by atoms with E-state index in [1.165, 1.54) is 12.4 Å². The van der Waals surface area contributed by atoms with E-state index >= 15 is 0 Å². The molecule has 2 aromatic rings. The van der Waals surface area contributed by atoms with Crippen molar-refractivity contribution in [2.24, 2.45) is 0 Å². The van der Waals surface area contributed by atoms with Gasteiger partial charge in [0.15, 0.2) is 0 Å². The Morgan fingerprint density at radius 3 is 2.47 bits per heavy atom. The fourth-order valence-electron chi connectivity index (χ4n) is 1.32. The topological polar surface area (TPSA) is 38.7 Å². The van der Waals surface area contributed by atoms with Crippen molar-refractivity contribution in [3.63, 3.8) is 0 Å². The van der Waals surface area contributed by atoms with Crippen molar-refractivity contribution in [2.45, 2.75) is 6.18 Å². The molecule has 2 rings (SSSR count). The summed E-state index contributed by atoms with van der Waals surface area (Å²) in [5.41, 5.74) is -0.919. The van der Waals surface area contributed by atoms with Crippen LogP contribution >= 0.6 is 11.6 Å². The Bertz CT molecular complexity index is 542. The number of aromatic nitrogens is 3. The van der Waals surface area contributed by atoms with Crippen molar-refractivity contribution in [2.75, 3.05) is 0 Å².